The van der Waals surface area contributed by atoms with Crippen LogP contribution in [0.4, 0.5) is 10.5 Å². The number of amides is 3. The molecule has 1 N–H and O–H groups in total. The largest absolute Gasteiger partial charge is 0.329 e. The van der Waals surface area contributed by atoms with E-state index in [1.807, 2.05) is 12.1 Å². The topological polar surface area (TPSA) is 49.4 Å². The number of rotatable bonds is 1. The van der Waals surface area contributed by atoms with Crippen molar-refractivity contribution in [2.45, 2.75) is 91.0 Å². The Morgan fingerprint density at radius 2 is 1.85 bits per heavy atom. The number of halogens is 1. The monoisotopic (exact) mass is 526 g/mol. The van der Waals surface area contributed by atoms with Gasteiger partial charge in [0.05, 0.1) is 6.04 Å². The predicted molar refractivity (Wildman–Crippen MR) is 141 cm³/mol. The molecule has 3 aliphatic carbocycles. The van der Waals surface area contributed by atoms with E-state index >= 15 is 0 Å². The molecule has 3 fully saturated rings. The Morgan fingerprint density at radius 1 is 1.09 bits per heavy atom. The maximum atomic E-state index is 13.7. The van der Waals surface area contributed by atoms with Crippen molar-refractivity contribution in [1.29, 1.82) is 0 Å². The molecule has 3 amide bonds. The molecule has 0 bridgehead atoms. The zero-order valence-corrected chi connectivity index (χ0v) is 22.9. The molecule has 1 heterocycles. The minimum atomic E-state index is -0.293. The SMILES string of the molecule is CC(C)(C)c1cc(Br)ccc1NC(=O)N1C(=O)C=C[C@]2(C)[C@H]3CC[C@]4(C)CCC[C@H]4[C@@H]3CC[C@@H]12. The maximum Gasteiger partial charge on any atom is 0.329 e. The van der Waals surface area contributed by atoms with E-state index in [1.54, 1.807) is 11.0 Å². The highest BCUT2D eigenvalue weighted by Crippen LogP contribution is 2.64. The van der Waals surface area contributed by atoms with Gasteiger partial charge in [0, 0.05) is 21.7 Å². The van der Waals surface area contributed by atoms with Crippen LogP contribution in [0, 0.1) is 28.6 Å². The van der Waals surface area contributed by atoms with Crippen LogP contribution in [0.3, 0.4) is 0 Å². The van der Waals surface area contributed by atoms with E-state index in [4.69, 9.17) is 0 Å². The van der Waals surface area contributed by atoms with Gasteiger partial charge in [-0.25, -0.2) is 4.79 Å². The molecule has 1 aromatic carbocycles. The predicted octanol–water partition coefficient (Wildman–Crippen LogP) is 7.68. The summed E-state index contributed by atoms with van der Waals surface area (Å²) in [5.74, 6) is 1.87. The normalized spacial score (nSPS) is 37.1. The molecule has 0 saturated heterocycles. The second-order valence-corrected chi connectivity index (χ2v) is 13.7. The number of imide groups is 1. The van der Waals surface area contributed by atoms with Crippen molar-refractivity contribution in [1.82, 2.24) is 4.90 Å². The number of benzene rings is 1. The zero-order chi connectivity index (χ0) is 24.5. The molecule has 5 rings (SSSR count). The highest BCUT2D eigenvalue weighted by molar-refractivity contribution is 9.10. The van der Waals surface area contributed by atoms with Crippen LogP contribution < -0.4 is 5.32 Å². The fourth-order valence-corrected chi connectivity index (χ4v) is 8.51. The molecule has 0 unspecified atom stereocenters. The lowest BCUT2D eigenvalue weighted by Gasteiger charge is -2.59. The summed E-state index contributed by atoms with van der Waals surface area (Å²) in [6.07, 6.45) is 12.4. The molecule has 3 saturated carbocycles. The highest BCUT2D eigenvalue weighted by Gasteiger charge is 2.59. The average molecular weight is 528 g/mol. The summed E-state index contributed by atoms with van der Waals surface area (Å²) >= 11 is 3.56. The maximum absolute atomic E-state index is 13.7. The molecule has 34 heavy (non-hydrogen) atoms. The standard InChI is InChI=1S/C29H39BrN2O2/c1-27(2,3)22-17-18(30)8-10-23(22)31-26(34)32-24-11-9-19-20-7-6-14-28(20,4)15-12-21(19)29(24,5)16-13-25(32)33/h8,10,13,16-17,19-21,24H,6-7,9,11-12,14-15H2,1-5H3,(H,31,34)/t19-,20-,21-,24+,28-,29+/m0/s1. The van der Waals surface area contributed by atoms with Crippen LogP contribution in [0.15, 0.2) is 34.8 Å². The Morgan fingerprint density at radius 3 is 2.59 bits per heavy atom. The fraction of sp³-hybridized carbons (Fsp3) is 0.655. The summed E-state index contributed by atoms with van der Waals surface area (Å²) in [7, 11) is 0. The molecule has 0 spiro atoms. The van der Waals surface area contributed by atoms with Crippen molar-refractivity contribution >= 4 is 33.6 Å². The molecule has 6 atom stereocenters. The Hall–Kier alpha value is -1.62. The Kier molecular flexibility index (Phi) is 5.82. The Bertz CT molecular complexity index is 1040. The van der Waals surface area contributed by atoms with Crippen molar-refractivity contribution < 1.29 is 9.59 Å². The first kappa shape index (κ1) is 24.1. The van der Waals surface area contributed by atoms with Gasteiger partial charge in [-0.3, -0.25) is 9.69 Å². The van der Waals surface area contributed by atoms with Crippen LogP contribution >= 0.6 is 15.9 Å². The van der Waals surface area contributed by atoms with Gasteiger partial charge in [0.25, 0.3) is 5.91 Å². The number of urea groups is 1. The van der Waals surface area contributed by atoms with Crippen LogP contribution in [-0.2, 0) is 10.2 Å². The number of hydrogen-bond donors (Lipinski definition) is 1. The summed E-state index contributed by atoms with van der Waals surface area (Å²) in [5.41, 5.74) is 2.04. The van der Waals surface area contributed by atoms with Gasteiger partial charge in [-0.15, -0.1) is 0 Å². The summed E-state index contributed by atoms with van der Waals surface area (Å²) in [6, 6.07) is 5.57. The molecule has 0 radical (unpaired) electrons. The first-order chi connectivity index (χ1) is 15.9. The van der Waals surface area contributed by atoms with Gasteiger partial charge < -0.3 is 5.32 Å². The Balaban J connectivity index is 1.43. The first-order valence-electron chi connectivity index (χ1n) is 13.1. The van der Waals surface area contributed by atoms with Gasteiger partial charge in [0.15, 0.2) is 0 Å². The molecular formula is C29H39BrN2O2. The number of carbonyl (C=O) groups is 2. The van der Waals surface area contributed by atoms with E-state index in [-0.39, 0.29) is 28.8 Å². The summed E-state index contributed by atoms with van der Waals surface area (Å²) < 4.78 is 0.981. The molecule has 1 aliphatic heterocycles. The quantitative estimate of drug-likeness (QED) is 0.407. The van der Waals surface area contributed by atoms with Gasteiger partial charge in [-0.1, -0.05) is 63.0 Å². The number of fused-ring (bicyclic) bond motifs is 5. The third-order valence-electron chi connectivity index (χ3n) is 9.89. The molecular weight excluding hydrogens is 488 g/mol. The van der Waals surface area contributed by atoms with E-state index in [2.05, 4.69) is 68.0 Å². The Labute approximate surface area is 213 Å². The van der Waals surface area contributed by atoms with Crippen LogP contribution in [0.5, 0.6) is 0 Å². The lowest BCUT2D eigenvalue weighted by Crippen LogP contribution is -2.62. The third-order valence-corrected chi connectivity index (χ3v) is 10.4. The number of hydrogen-bond acceptors (Lipinski definition) is 2. The minimum Gasteiger partial charge on any atom is -0.307 e. The number of carbonyl (C=O) groups excluding carboxylic acids is 2. The lowest BCUT2D eigenvalue weighted by molar-refractivity contribution is -0.134. The highest BCUT2D eigenvalue weighted by atomic mass is 79.9. The van der Waals surface area contributed by atoms with Gasteiger partial charge in [-0.05, 0) is 90.9 Å². The van der Waals surface area contributed by atoms with Gasteiger partial charge in [0.1, 0.15) is 0 Å². The number of anilines is 1. The van der Waals surface area contributed by atoms with E-state index in [0.717, 1.165) is 34.5 Å². The second kappa shape index (κ2) is 8.21. The van der Waals surface area contributed by atoms with E-state index in [9.17, 15) is 9.59 Å². The van der Waals surface area contributed by atoms with Crippen molar-refractivity contribution in [3.05, 3.63) is 40.4 Å². The van der Waals surface area contributed by atoms with Gasteiger partial charge in [0.2, 0.25) is 0 Å². The van der Waals surface area contributed by atoms with Crippen LogP contribution in [0.25, 0.3) is 0 Å². The zero-order valence-electron chi connectivity index (χ0n) is 21.3. The molecule has 1 aromatic rings. The lowest BCUT2D eigenvalue weighted by atomic mass is 9.48. The van der Waals surface area contributed by atoms with Gasteiger partial charge in [-0.2, -0.15) is 0 Å². The van der Waals surface area contributed by atoms with Crippen LogP contribution in [0.1, 0.15) is 85.1 Å². The first-order valence-corrected chi connectivity index (χ1v) is 13.9. The van der Waals surface area contributed by atoms with Crippen LogP contribution in [-0.4, -0.2) is 22.9 Å². The summed E-state index contributed by atoms with van der Waals surface area (Å²) in [6.45, 7) is 11.2. The minimum absolute atomic E-state index is 0.0782. The van der Waals surface area contributed by atoms with E-state index in [0.29, 0.717) is 17.3 Å². The molecule has 184 valence electrons. The molecule has 4 aliphatic rings. The third kappa shape index (κ3) is 3.77. The molecule has 5 heteroatoms. The van der Waals surface area contributed by atoms with Crippen molar-refractivity contribution in [2.75, 3.05) is 5.32 Å². The van der Waals surface area contributed by atoms with Gasteiger partial charge >= 0.3 is 6.03 Å². The summed E-state index contributed by atoms with van der Waals surface area (Å²) in [5, 5.41) is 3.12. The smallest absolute Gasteiger partial charge is 0.307 e. The number of nitrogens with zero attached hydrogens (tertiary/aromatic N) is 1. The second-order valence-electron chi connectivity index (χ2n) is 12.8. The van der Waals surface area contributed by atoms with E-state index < -0.39 is 0 Å². The van der Waals surface area contributed by atoms with Crippen molar-refractivity contribution in [3.63, 3.8) is 0 Å². The average Bonchev–Trinajstić information content (AvgIpc) is 3.16. The van der Waals surface area contributed by atoms with E-state index in [1.165, 1.54) is 32.1 Å². The molecule has 0 aromatic heterocycles. The van der Waals surface area contributed by atoms with Crippen molar-refractivity contribution in [3.8, 4) is 0 Å². The summed E-state index contributed by atoms with van der Waals surface area (Å²) in [4.78, 5) is 28.4. The van der Waals surface area contributed by atoms with Crippen LogP contribution in [0.2, 0.25) is 0 Å². The molecule has 4 nitrogen and oxygen atoms in total. The number of nitrogens with one attached hydrogen (secondary N) is 1. The van der Waals surface area contributed by atoms with Crippen molar-refractivity contribution in [2.24, 2.45) is 28.6 Å². The fourth-order valence-electron chi connectivity index (χ4n) is 8.15.